The second-order valence-corrected chi connectivity index (χ2v) is 7.51. The van der Waals surface area contributed by atoms with Gasteiger partial charge in [-0.15, -0.1) is 11.8 Å². The molecule has 1 amide bonds. The van der Waals surface area contributed by atoms with Gasteiger partial charge in [0.2, 0.25) is 5.91 Å². The second kappa shape index (κ2) is 7.92. The van der Waals surface area contributed by atoms with E-state index in [1.807, 2.05) is 27.7 Å². The van der Waals surface area contributed by atoms with Crippen molar-refractivity contribution in [3.8, 4) is 0 Å². The molecular weight excluding hydrogens is 383 g/mol. The molecule has 0 saturated carbocycles. The third-order valence-corrected chi connectivity index (χ3v) is 5.85. The van der Waals surface area contributed by atoms with Crippen LogP contribution in [0.3, 0.4) is 0 Å². The fourth-order valence-corrected chi connectivity index (χ4v) is 3.79. The topological polar surface area (TPSA) is 29.1 Å². The summed E-state index contributed by atoms with van der Waals surface area (Å²) >= 11 is 7.28. The van der Waals surface area contributed by atoms with Crippen molar-refractivity contribution >= 4 is 35.0 Å². The first-order valence-corrected chi connectivity index (χ1v) is 9.24. The van der Waals surface area contributed by atoms with Gasteiger partial charge in [-0.3, -0.25) is 4.79 Å². The van der Waals surface area contributed by atoms with Crippen molar-refractivity contribution in [1.29, 1.82) is 0 Å². The van der Waals surface area contributed by atoms with Gasteiger partial charge in [0.25, 0.3) is 0 Å². The molecule has 0 unspecified atom stereocenters. The fourth-order valence-electron chi connectivity index (χ4n) is 2.52. The minimum Gasteiger partial charge on any atom is -0.324 e. The quantitative estimate of drug-likeness (QED) is 0.607. The van der Waals surface area contributed by atoms with Gasteiger partial charge < -0.3 is 5.32 Å². The lowest BCUT2D eigenvalue weighted by Gasteiger charge is -2.15. The summed E-state index contributed by atoms with van der Waals surface area (Å²) in [5, 5.41) is 2.53. The lowest BCUT2D eigenvalue weighted by atomic mass is 10.0. The predicted molar refractivity (Wildman–Crippen MR) is 101 cm³/mol. The van der Waals surface area contributed by atoms with Gasteiger partial charge in [0.05, 0.1) is 22.0 Å². The summed E-state index contributed by atoms with van der Waals surface area (Å²) in [6, 6.07) is 4.95. The number of aryl methyl sites for hydroxylation is 2. The summed E-state index contributed by atoms with van der Waals surface area (Å²) < 4.78 is 38.4. The molecular formula is C19H19ClF3NOS. The SMILES string of the molecule is Cc1cc(C)c(C)c(SCC(=O)Nc2cc(C(F)(F)F)ccc2Cl)c1C. The van der Waals surface area contributed by atoms with Crippen LogP contribution in [0.4, 0.5) is 18.9 Å². The number of benzene rings is 2. The van der Waals surface area contributed by atoms with Crippen LogP contribution in [0.1, 0.15) is 27.8 Å². The largest absolute Gasteiger partial charge is 0.416 e. The Morgan fingerprint density at radius 2 is 1.65 bits per heavy atom. The number of rotatable bonds is 4. The van der Waals surface area contributed by atoms with Crippen molar-refractivity contribution in [3.63, 3.8) is 0 Å². The van der Waals surface area contributed by atoms with Gasteiger partial charge >= 0.3 is 6.18 Å². The molecule has 2 aromatic carbocycles. The second-order valence-electron chi connectivity index (χ2n) is 6.12. The monoisotopic (exact) mass is 401 g/mol. The van der Waals surface area contributed by atoms with E-state index >= 15 is 0 Å². The maximum atomic E-state index is 12.8. The van der Waals surface area contributed by atoms with Gasteiger partial charge in [-0.1, -0.05) is 17.7 Å². The van der Waals surface area contributed by atoms with Crippen LogP contribution in [-0.2, 0) is 11.0 Å². The number of carbonyl (C=O) groups excluding carboxylic acids is 1. The van der Waals surface area contributed by atoms with Crippen molar-refractivity contribution in [2.75, 3.05) is 11.1 Å². The van der Waals surface area contributed by atoms with Crippen molar-refractivity contribution in [2.24, 2.45) is 0 Å². The molecule has 0 aliphatic carbocycles. The summed E-state index contributed by atoms with van der Waals surface area (Å²) in [6.45, 7) is 8.00. The summed E-state index contributed by atoms with van der Waals surface area (Å²) in [7, 11) is 0. The number of amides is 1. The van der Waals surface area contributed by atoms with E-state index in [9.17, 15) is 18.0 Å². The molecule has 140 valence electrons. The maximum Gasteiger partial charge on any atom is 0.416 e. The lowest BCUT2D eigenvalue weighted by molar-refractivity contribution is -0.137. The highest BCUT2D eigenvalue weighted by Gasteiger charge is 2.31. The minimum atomic E-state index is -4.49. The first kappa shape index (κ1) is 20.6. The molecule has 0 radical (unpaired) electrons. The van der Waals surface area contributed by atoms with E-state index in [2.05, 4.69) is 11.4 Å². The van der Waals surface area contributed by atoms with Crippen LogP contribution >= 0.6 is 23.4 Å². The van der Waals surface area contributed by atoms with E-state index in [0.29, 0.717) is 0 Å². The highest BCUT2D eigenvalue weighted by atomic mass is 35.5. The zero-order valence-electron chi connectivity index (χ0n) is 14.8. The molecule has 0 heterocycles. The lowest BCUT2D eigenvalue weighted by Crippen LogP contribution is -2.15. The van der Waals surface area contributed by atoms with Gasteiger partial charge in [-0.2, -0.15) is 13.2 Å². The van der Waals surface area contributed by atoms with Crippen LogP contribution in [0.25, 0.3) is 0 Å². The molecule has 0 fully saturated rings. The number of hydrogen-bond acceptors (Lipinski definition) is 2. The molecule has 2 aromatic rings. The Labute approximate surface area is 160 Å². The number of alkyl halides is 3. The highest BCUT2D eigenvalue weighted by Crippen LogP contribution is 2.34. The summed E-state index contributed by atoms with van der Waals surface area (Å²) in [6.07, 6.45) is -4.49. The third kappa shape index (κ3) is 4.74. The minimum absolute atomic E-state index is 0.0408. The Morgan fingerprint density at radius 1 is 1.08 bits per heavy atom. The Balaban J connectivity index is 2.14. The average molecular weight is 402 g/mol. The van der Waals surface area contributed by atoms with E-state index < -0.39 is 17.6 Å². The molecule has 0 saturated heterocycles. The normalized spacial score (nSPS) is 11.5. The van der Waals surface area contributed by atoms with Gasteiger partial charge in [-0.25, -0.2) is 0 Å². The number of carbonyl (C=O) groups is 1. The van der Waals surface area contributed by atoms with Gasteiger partial charge in [0.1, 0.15) is 0 Å². The molecule has 7 heteroatoms. The molecule has 0 spiro atoms. The van der Waals surface area contributed by atoms with E-state index in [1.165, 1.54) is 11.8 Å². The van der Waals surface area contributed by atoms with Gasteiger partial charge in [-0.05, 0) is 68.1 Å². The van der Waals surface area contributed by atoms with Crippen LogP contribution in [0.5, 0.6) is 0 Å². The van der Waals surface area contributed by atoms with Gasteiger partial charge in [0.15, 0.2) is 0 Å². The average Bonchev–Trinajstić information content (AvgIpc) is 2.54. The molecule has 1 N–H and O–H groups in total. The first-order valence-electron chi connectivity index (χ1n) is 7.87. The number of anilines is 1. The molecule has 0 aliphatic heterocycles. The van der Waals surface area contributed by atoms with Crippen molar-refractivity contribution in [1.82, 2.24) is 0 Å². The molecule has 2 rings (SSSR count). The maximum absolute atomic E-state index is 12.8. The smallest absolute Gasteiger partial charge is 0.324 e. The van der Waals surface area contributed by atoms with Crippen LogP contribution in [0.2, 0.25) is 5.02 Å². The van der Waals surface area contributed by atoms with Gasteiger partial charge in [0, 0.05) is 4.90 Å². The first-order chi connectivity index (χ1) is 12.0. The molecule has 0 bridgehead atoms. The van der Waals surface area contributed by atoms with E-state index in [0.717, 1.165) is 45.3 Å². The highest BCUT2D eigenvalue weighted by molar-refractivity contribution is 8.00. The predicted octanol–water partition coefficient (Wildman–Crippen LogP) is 6.32. The van der Waals surface area contributed by atoms with Crippen LogP contribution < -0.4 is 5.32 Å². The van der Waals surface area contributed by atoms with E-state index in [-0.39, 0.29) is 16.5 Å². The summed E-state index contributed by atoms with van der Waals surface area (Å²) in [4.78, 5) is 13.2. The third-order valence-electron chi connectivity index (χ3n) is 4.21. The number of halogens is 4. The Bertz CT molecular complexity index is 823. The standard InChI is InChI=1S/C19H19ClF3NOS/c1-10-7-11(2)13(4)18(12(10)3)26-9-17(25)24-16-8-14(19(21,22)23)5-6-15(16)20/h5-8H,9H2,1-4H3,(H,24,25). The van der Waals surface area contributed by atoms with Crippen LogP contribution in [-0.4, -0.2) is 11.7 Å². The number of hydrogen-bond donors (Lipinski definition) is 1. The van der Waals surface area contributed by atoms with E-state index in [4.69, 9.17) is 11.6 Å². The molecule has 0 atom stereocenters. The van der Waals surface area contributed by atoms with Crippen LogP contribution in [0, 0.1) is 27.7 Å². The van der Waals surface area contributed by atoms with Crippen molar-refractivity contribution < 1.29 is 18.0 Å². The Kier molecular flexibility index (Phi) is 6.29. The number of nitrogens with one attached hydrogen (secondary N) is 1. The van der Waals surface area contributed by atoms with Crippen LogP contribution in [0.15, 0.2) is 29.2 Å². The molecule has 26 heavy (non-hydrogen) atoms. The summed E-state index contributed by atoms with van der Waals surface area (Å²) in [5.74, 6) is -0.328. The van der Waals surface area contributed by atoms with Crippen molar-refractivity contribution in [2.45, 2.75) is 38.8 Å². The Morgan fingerprint density at radius 3 is 2.19 bits per heavy atom. The Hall–Kier alpha value is -1.66. The molecule has 0 aromatic heterocycles. The zero-order valence-corrected chi connectivity index (χ0v) is 16.4. The molecule has 2 nitrogen and oxygen atoms in total. The molecule has 0 aliphatic rings. The number of thioether (sulfide) groups is 1. The summed E-state index contributed by atoms with van der Waals surface area (Å²) in [5.41, 5.74) is 3.58. The zero-order chi connectivity index (χ0) is 19.6. The fraction of sp³-hybridized carbons (Fsp3) is 0.316. The van der Waals surface area contributed by atoms with E-state index in [1.54, 1.807) is 0 Å². The van der Waals surface area contributed by atoms with Crippen molar-refractivity contribution in [3.05, 3.63) is 57.1 Å².